The molecule has 0 unspecified atom stereocenters. The van der Waals surface area contributed by atoms with E-state index in [0.29, 0.717) is 6.54 Å². The first-order chi connectivity index (χ1) is 12.5. The molecule has 1 aliphatic rings. The van der Waals surface area contributed by atoms with Gasteiger partial charge in [0.1, 0.15) is 4.88 Å². The van der Waals surface area contributed by atoms with Gasteiger partial charge in [0.25, 0.3) is 0 Å². The van der Waals surface area contributed by atoms with Crippen LogP contribution < -0.4 is 5.32 Å². The number of aromatic carboxylic acids is 1. The zero-order chi connectivity index (χ0) is 18.7. The molecule has 0 saturated carbocycles. The second kappa shape index (κ2) is 7.70. The van der Waals surface area contributed by atoms with Crippen molar-refractivity contribution in [2.45, 2.75) is 25.9 Å². The molecule has 0 aliphatic carbocycles. The number of carbonyl (C=O) groups is 3. The average Bonchev–Trinajstić information content (AvgIpc) is 3.27. The van der Waals surface area contributed by atoms with Crippen LogP contribution in [0.25, 0.3) is 0 Å². The summed E-state index contributed by atoms with van der Waals surface area (Å²) in [5.41, 5.74) is 1.04. The van der Waals surface area contributed by atoms with Crippen LogP contribution in [0.5, 0.6) is 0 Å². The standard InChI is InChI=1S/C19H20N2O4S/c1-12(13-5-3-2-4-6-13)21-11-14(9-17(21)22)18(23)20-10-15-7-8-16(26-15)19(24)25/h2-8,12,14H,9-11H2,1H3,(H,20,23)(H,24,25)/t12-,14+/m0/s1. The van der Waals surface area contributed by atoms with Gasteiger partial charge in [-0.25, -0.2) is 4.79 Å². The van der Waals surface area contributed by atoms with Crippen molar-refractivity contribution in [2.24, 2.45) is 5.92 Å². The van der Waals surface area contributed by atoms with Gasteiger partial charge >= 0.3 is 5.97 Å². The van der Waals surface area contributed by atoms with E-state index < -0.39 is 5.97 Å². The Balaban J connectivity index is 1.57. The van der Waals surface area contributed by atoms with Gasteiger partial charge in [-0.05, 0) is 24.6 Å². The summed E-state index contributed by atoms with van der Waals surface area (Å²) in [7, 11) is 0. The van der Waals surface area contributed by atoms with E-state index in [4.69, 9.17) is 5.11 Å². The largest absolute Gasteiger partial charge is 0.477 e. The molecule has 2 aromatic rings. The Bertz CT molecular complexity index is 818. The van der Waals surface area contributed by atoms with Crippen molar-refractivity contribution < 1.29 is 19.5 Å². The van der Waals surface area contributed by atoms with Crippen LogP contribution in [0.2, 0.25) is 0 Å². The molecule has 2 heterocycles. The van der Waals surface area contributed by atoms with Crippen LogP contribution in [-0.4, -0.2) is 34.3 Å². The smallest absolute Gasteiger partial charge is 0.345 e. The molecule has 2 atom stereocenters. The third-order valence-electron chi connectivity index (χ3n) is 4.59. The van der Waals surface area contributed by atoms with Crippen molar-refractivity contribution >= 4 is 29.1 Å². The number of carbonyl (C=O) groups excluding carboxylic acids is 2. The summed E-state index contributed by atoms with van der Waals surface area (Å²) < 4.78 is 0. The van der Waals surface area contributed by atoms with Crippen LogP contribution in [0, 0.1) is 5.92 Å². The first-order valence-corrected chi connectivity index (χ1v) is 9.21. The Morgan fingerprint density at radius 3 is 2.65 bits per heavy atom. The highest BCUT2D eigenvalue weighted by Gasteiger charge is 2.36. The van der Waals surface area contributed by atoms with Gasteiger partial charge in [-0.15, -0.1) is 11.3 Å². The fourth-order valence-electron chi connectivity index (χ4n) is 3.10. The molecule has 0 radical (unpaired) electrons. The summed E-state index contributed by atoms with van der Waals surface area (Å²) in [5.74, 6) is -1.55. The molecule has 26 heavy (non-hydrogen) atoms. The van der Waals surface area contributed by atoms with E-state index >= 15 is 0 Å². The third kappa shape index (κ3) is 3.94. The molecule has 1 aromatic carbocycles. The Labute approximate surface area is 155 Å². The predicted molar refractivity (Wildman–Crippen MR) is 97.8 cm³/mol. The van der Waals surface area contributed by atoms with Crippen molar-refractivity contribution in [2.75, 3.05) is 6.54 Å². The minimum absolute atomic E-state index is 0.0224. The molecular formula is C19H20N2O4S. The van der Waals surface area contributed by atoms with E-state index in [9.17, 15) is 14.4 Å². The van der Waals surface area contributed by atoms with Crippen LogP contribution in [0.3, 0.4) is 0 Å². The molecular weight excluding hydrogens is 352 g/mol. The van der Waals surface area contributed by atoms with E-state index in [2.05, 4.69) is 5.32 Å². The van der Waals surface area contributed by atoms with Gasteiger partial charge in [-0.3, -0.25) is 9.59 Å². The number of nitrogens with one attached hydrogen (secondary N) is 1. The molecule has 2 amide bonds. The molecule has 1 saturated heterocycles. The minimum Gasteiger partial charge on any atom is -0.477 e. The lowest BCUT2D eigenvalue weighted by atomic mass is 10.1. The van der Waals surface area contributed by atoms with Gasteiger partial charge in [0.05, 0.1) is 18.5 Å². The number of amides is 2. The zero-order valence-corrected chi connectivity index (χ0v) is 15.2. The summed E-state index contributed by atoms with van der Waals surface area (Å²) in [6.45, 7) is 2.63. The van der Waals surface area contributed by atoms with E-state index in [0.717, 1.165) is 21.8 Å². The first-order valence-electron chi connectivity index (χ1n) is 8.40. The molecule has 1 fully saturated rings. The van der Waals surface area contributed by atoms with Crippen molar-refractivity contribution in [1.29, 1.82) is 0 Å². The minimum atomic E-state index is -0.973. The molecule has 0 spiro atoms. The SMILES string of the molecule is C[C@@H](c1ccccc1)N1C[C@H](C(=O)NCc2ccc(C(=O)O)s2)CC1=O. The van der Waals surface area contributed by atoms with Gasteiger partial charge in [-0.1, -0.05) is 30.3 Å². The Morgan fingerprint density at radius 1 is 1.27 bits per heavy atom. The quantitative estimate of drug-likeness (QED) is 0.816. The Hall–Kier alpha value is -2.67. The summed E-state index contributed by atoms with van der Waals surface area (Å²) >= 11 is 1.14. The highest BCUT2D eigenvalue weighted by molar-refractivity contribution is 7.13. The number of thiophene rings is 1. The number of hydrogen-bond donors (Lipinski definition) is 2. The molecule has 136 valence electrons. The van der Waals surface area contributed by atoms with Crippen LogP contribution in [0.15, 0.2) is 42.5 Å². The summed E-state index contributed by atoms with van der Waals surface area (Å²) in [5, 5.41) is 11.7. The number of likely N-dealkylation sites (tertiary alicyclic amines) is 1. The lowest BCUT2D eigenvalue weighted by Gasteiger charge is -2.25. The number of rotatable bonds is 6. The van der Waals surface area contributed by atoms with Crippen molar-refractivity contribution in [3.63, 3.8) is 0 Å². The molecule has 3 rings (SSSR count). The number of nitrogens with zero attached hydrogens (tertiary/aromatic N) is 1. The maximum atomic E-state index is 12.4. The molecule has 1 aliphatic heterocycles. The fourth-order valence-corrected chi connectivity index (χ4v) is 3.89. The average molecular weight is 372 g/mol. The van der Waals surface area contributed by atoms with Crippen molar-refractivity contribution in [1.82, 2.24) is 10.2 Å². The summed E-state index contributed by atoms with van der Waals surface area (Å²) in [6, 6.07) is 12.9. The Kier molecular flexibility index (Phi) is 5.37. The predicted octanol–water partition coefficient (Wildman–Crippen LogP) is 2.67. The molecule has 2 N–H and O–H groups in total. The second-order valence-electron chi connectivity index (χ2n) is 6.32. The maximum Gasteiger partial charge on any atom is 0.345 e. The highest BCUT2D eigenvalue weighted by Crippen LogP contribution is 2.28. The summed E-state index contributed by atoms with van der Waals surface area (Å²) in [6.07, 6.45) is 0.202. The van der Waals surface area contributed by atoms with Crippen molar-refractivity contribution in [3.8, 4) is 0 Å². The lowest BCUT2D eigenvalue weighted by Crippen LogP contribution is -2.33. The van der Waals surface area contributed by atoms with E-state index in [1.54, 1.807) is 11.0 Å². The maximum absolute atomic E-state index is 12.4. The van der Waals surface area contributed by atoms with E-state index in [1.165, 1.54) is 6.07 Å². The van der Waals surface area contributed by atoms with Crippen LogP contribution in [-0.2, 0) is 16.1 Å². The molecule has 6 nitrogen and oxygen atoms in total. The first kappa shape index (κ1) is 18.1. The van der Waals surface area contributed by atoms with Gasteiger partial charge in [0.15, 0.2) is 0 Å². The molecule has 1 aromatic heterocycles. The van der Waals surface area contributed by atoms with Crippen LogP contribution >= 0.6 is 11.3 Å². The third-order valence-corrected chi connectivity index (χ3v) is 5.66. The highest BCUT2D eigenvalue weighted by atomic mass is 32.1. The number of carboxylic acids is 1. The number of carboxylic acid groups (broad SMARTS) is 1. The number of hydrogen-bond acceptors (Lipinski definition) is 4. The van der Waals surface area contributed by atoms with Crippen LogP contribution in [0.4, 0.5) is 0 Å². The van der Waals surface area contributed by atoms with Gasteiger partial charge < -0.3 is 15.3 Å². The Morgan fingerprint density at radius 2 is 2.00 bits per heavy atom. The zero-order valence-electron chi connectivity index (χ0n) is 14.3. The number of benzene rings is 1. The van der Waals surface area contributed by atoms with Gasteiger partial charge in [-0.2, -0.15) is 0 Å². The molecule has 7 heteroatoms. The van der Waals surface area contributed by atoms with E-state index in [1.807, 2.05) is 37.3 Å². The van der Waals surface area contributed by atoms with E-state index in [-0.39, 0.29) is 41.6 Å². The normalized spacial score (nSPS) is 18.0. The molecule has 0 bridgehead atoms. The summed E-state index contributed by atoms with van der Waals surface area (Å²) in [4.78, 5) is 38.4. The van der Waals surface area contributed by atoms with Gasteiger partial charge in [0, 0.05) is 17.8 Å². The fraction of sp³-hybridized carbons (Fsp3) is 0.316. The lowest BCUT2D eigenvalue weighted by molar-refractivity contribution is -0.130. The monoisotopic (exact) mass is 372 g/mol. The van der Waals surface area contributed by atoms with Crippen molar-refractivity contribution in [3.05, 3.63) is 57.8 Å². The van der Waals surface area contributed by atoms with Crippen LogP contribution in [0.1, 0.15) is 39.5 Å². The van der Waals surface area contributed by atoms with Gasteiger partial charge in [0.2, 0.25) is 11.8 Å². The topological polar surface area (TPSA) is 86.7 Å². The second-order valence-corrected chi connectivity index (χ2v) is 7.49.